The number of allylic oxidation sites excluding steroid dienone is 3. The normalized spacial score (nSPS) is 18.2. The van der Waals surface area contributed by atoms with E-state index in [9.17, 15) is 0 Å². The topological polar surface area (TPSA) is 50.1 Å². The molecule has 1 aliphatic rings. The van der Waals surface area contributed by atoms with Gasteiger partial charge in [0.2, 0.25) is 0 Å². The number of benzene rings is 1. The zero-order valence-corrected chi connectivity index (χ0v) is 10.8. The molecule has 0 bridgehead atoms. The van der Waals surface area contributed by atoms with Crippen molar-refractivity contribution in [3.05, 3.63) is 59.7 Å². The van der Waals surface area contributed by atoms with Crippen LogP contribution in [0.3, 0.4) is 0 Å². The maximum Gasteiger partial charge on any atom is 0.0901 e. The molecule has 1 aliphatic carbocycles. The predicted molar refractivity (Wildman–Crippen MR) is 75.6 cm³/mol. The summed E-state index contributed by atoms with van der Waals surface area (Å²) in [6, 6.07) is 10.6. The molecule has 1 aromatic carbocycles. The van der Waals surface area contributed by atoms with Gasteiger partial charge in [-0.05, 0) is 30.9 Å². The van der Waals surface area contributed by atoms with Crippen molar-refractivity contribution in [1.82, 2.24) is 10.9 Å². The van der Waals surface area contributed by atoms with Gasteiger partial charge in [0.05, 0.1) is 6.17 Å². The Morgan fingerprint density at radius 3 is 2.61 bits per heavy atom. The summed E-state index contributed by atoms with van der Waals surface area (Å²) in [6.45, 7) is 2.12. The summed E-state index contributed by atoms with van der Waals surface area (Å²) in [4.78, 5) is 0. The van der Waals surface area contributed by atoms with Gasteiger partial charge in [0.25, 0.3) is 0 Å². The molecule has 2 rings (SSSR count). The van der Waals surface area contributed by atoms with Crippen molar-refractivity contribution in [3.63, 3.8) is 0 Å². The van der Waals surface area contributed by atoms with E-state index in [0.29, 0.717) is 0 Å². The lowest BCUT2D eigenvalue weighted by molar-refractivity contribution is 0.415. The van der Waals surface area contributed by atoms with Crippen LogP contribution in [0, 0.1) is 0 Å². The lowest BCUT2D eigenvalue weighted by Gasteiger charge is -2.22. The molecule has 3 nitrogen and oxygen atoms in total. The van der Waals surface area contributed by atoms with Gasteiger partial charge in [0.15, 0.2) is 0 Å². The van der Waals surface area contributed by atoms with E-state index in [1.54, 1.807) is 0 Å². The predicted octanol–water partition coefficient (Wildman–Crippen LogP) is 2.40. The Morgan fingerprint density at radius 2 is 1.94 bits per heavy atom. The van der Waals surface area contributed by atoms with Gasteiger partial charge in [-0.1, -0.05) is 48.6 Å². The minimum Gasteiger partial charge on any atom is -0.311 e. The first kappa shape index (κ1) is 13.0. The van der Waals surface area contributed by atoms with E-state index >= 15 is 0 Å². The third kappa shape index (κ3) is 3.53. The first-order valence-corrected chi connectivity index (χ1v) is 6.44. The SMILES string of the molecule is CC(NNC(N)C1=CC=CCC1)c1ccccc1. The second-order valence-electron chi connectivity index (χ2n) is 4.61. The van der Waals surface area contributed by atoms with Gasteiger partial charge >= 0.3 is 0 Å². The number of hydrogen-bond donors (Lipinski definition) is 3. The maximum absolute atomic E-state index is 6.10. The van der Waals surface area contributed by atoms with Crippen LogP contribution in [0.25, 0.3) is 0 Å². The molecule has 0 amide bonds. The highest BCUT2D eigenvalue weighted by molar-refractivity contribution is 5.21. The summed E-state index contributed by atoms with van der Waals surface area (Å²) in [5.41, 5.74) is 15.0. The second kappa shape index (κ2) is 6.50. The van der Waals surface area contributed by atoms with Gasteiger partial charge in [-0.15, -0.1) is 0 Å². The molecule has 96 valence electrons. The zero-order valence-electron chi connectivity index (χ0n) is 10.8. The van der Waals surface area contributed by atoms with E-state index in [-0.39, 0.29) is 12.2 Å². The minimum absolute atomic E-state index is 0.124. The Balaban J connectivity index is 1.84. The molecule has 18 heavy (non-hydrogen) atoms. The van der Waals surface area contributed by atoms with Gasteiger partial charge < -0.3 is 5.73 Å². The molecule has 2 atom stereocenters. The van der Waals surface area contributed by atoms with Crippen molar-refractivity contribution >= 4 is 0 Å². The van der Waals surface area contributed by atoms with Crippen molar-refractivity contribution in [2.45, 2.75) is 32.0 Å². The highest BCUT2D eigenvalue weighted by atomic mass is 15.4. The molecule has 0 heterocycles. The fourth-order valence-corrected chi connectivity index (χ4v) is 2.01. The fraction of sp³-hybridized carbons (Fsp3) is 0.333. The molecule has 3 heteroatoms. The Bertz CT molecular complexity index is 423. The van der Waals surface area contributed by atoms with E-state index < -0.39 is 0 Å². The van der Waals surface area contributed by atoms with Crippen LogP contribution in [0.2, 0.25) is 0 Å². The monoisotopic (exact) mass is 243 g/mol. The van der Waals surface area contributed by atoms with Crippen LogP contribution in [0.4, 0.5) is 0 Å². The molecular formula is C15H21N3. The van der Waals surface area contributed by atoms with E-state index in [1.807, 2.05) is 18.2 Å². The molecule has 0 aliphatic heterocycles. The van der Waals surface area contributed by atoms with Gasteiger partial charge in [-0.2, -0.15) is 0 Å². The summed E-state index contributed by atoms with van der Waals surface area (Å²) in [7, 11) is 0. The molecule has 0 saturated carbocycles. The molecule has 2 unspecified atom stereocenters. The highest BCUT2D eigenvalue weighted by Crippen LogP contribution is 2.14. The van der Waals surface area contributed by atoms with E-state index in [4.69, 9.17) is 5.73 Å². The lowest BCUT2D eigenvalue weighted by atomic mass is 10.0. The van der Waals surface area contributed by atoms with Crippen LogP contribution in [0.15, 0.2) is 54.1 Å². The number of nitrogens with one attached hydrogen (secondary N) is 2. The van der Waals surface area contributed by atoms with E-state index in [0.717, 1.165) is 12.8 Å². The quantitative estimate of drug-likeness (QED) is 0.550. The van der Waals surface area contributed by atoms with Crippen LogP contribution in [-0.2, 0) is 0 Å². The molecule has 0 aromatic heterocycles. The summed E-state index contributed by atoms with van der Waals surface area (Å²) >= 11 is 0. The standard InChI is InChI=1S/C15H21N3/c1-12(13-8-4-2-5-9-13)17-18-15(16)14-10-6-3-7-11-14/h2-6,8-10,12,15,17-18H,7,11,16H2,1H3. The lowest BCUT2D eigenvalue weighted by Crippen LogP contribution is -2.48. The average molecular weight is 243 g/mol. The average Bonchev–Trinajstić information content (AvgIpc) is 2.46. The van der Waals surface area contributed by atoms with Crippen LogP contribution in [-0.4, -0.2) is 6.17 Å². The zero-order chi connectivity index (χ0) is 12.8. The summed E-state index contributed by atoms with van der Waals surface area (Å²) < 4.78 is 0. The number of nitrogens with two attached hydrogens (primary N) is 1. The van der Waals surface area contributed by atoms with Gasteiger partial charge in [0, 0.05) is 6.04 Å². The maximum atomic E-state index is 6.10. The number of hydrogen-bond acceptors (Lipinski definition) is 3. The molecule has 0 fully saturated rings. The Morgan fingerprint density at radius 1 is 1.17 bits per heavy atom. The first-order chi connectivity index (χ1) is 8.77. The summed E-state index contributed by atoms with van der Waals surface area (Å²) in [5, 5.41) is 0. The Hall–Kier alpha value is -1.42. The largest absolute Gasteiger partial charge is 0.311 e. The van der Waals surface area contributed by atoms with Crippen molar-refractivity contribution < 1.29 is 0 Å². The minimum atomic E-state index is -0.124. The van der Waals surface area contributed by atoms with Crippen LogP contribution >= 0.6 is 0 Å². The number of hydrazine groups is 1. The molecule has 0 radical (unpaired) electrons. The summed E-state index contributed by atoms with van der Waals surface area (Å²) in [5.74, 6) is 0. The van der Waals surface area contributed by atoms with E-state index in [2.05, 4.69) is 48.1 Å². The fourth-order valence-electron chi connectivity index (χ4n) is 2.01. The van der Waals surface area contributed by atoms with Crippen LogP contribution < -0.4 is 16.6 Å². The van der Waals surface area contributed by atoms with E-state index in [1.165, 1.54) is 11.1 Å². The van der Waals surface area contributed by atoms with Crippen molar-refractivity contribution in [2.75, 3.05) is 0 Å². The van der Waals surface area contributed by atoms with Crippen molar-refractivity contribution in [1.29, 1.82) is 0 Å². The molecule has 0 spiro atoms. The number of rotatable bonds is 5. The molecular weight excluding hydrogens is 222 g/mol. The third-order valence-corrected chi connectivity index (χ3v) is 3.20. The van der Waals surface area contributed by atoms with Crippen LogP contribution in [0.1, 0.15) is 31.4 Å². The van der Waals surface area contributed by atoms with Crippen LogP contribution in [0.5, 0.6) is 0 Å². The smallest absolute Gasteiger partial charge is 0.0901 e. The van der Waals surface area contributed by atoms with Crippen molar-refractivity contribution in [2.24, 2.45) is 5.73 Å². The first-order valence-electron chi connectivity index (χ1n) is 6.44. The second-order valence-corrected chi connectivity index (χ2v) is 4.61. The molecule has 0 saturated heterocycles. The molecule has 4 N–H and O–H groups in total. The Kier molecular flexibility index (Phi) is 4.70. The summed E-state index contributed by atoms with van der Waals surface area (Å²) in [6.07, 6.45) is 8.32. The van der Waals surface area contributed by atoms with Gasteiger partial charge in [0.1, 0.15) is 0 Å². The third-order valence-electron chi connectivity index (χ3n) is 3.20. The Labute approximate surface area is 109 Å². The van der Waals surface area contributed by atoms with Gasteiger partial charge in [-0.3, -0.25) is 0 Å². The van der Waals surface area contributed by atoms with Crippen molar-refractivity contribution in [3.8, 4) is 0 Å². The van der Waals surface area contributed by atoms with Gasteiger partial charge in [-0.25, -0.2) is 10.9 Å². The molecule has 1 aromatic rings. The highest BCUT2D eigenvalue weighted by Gasteiger charge is 2.11.